The number of amides is 2. The Morgan fingerprint density at radius 3 is 2.66 bits per heavy atom. The van der Waals surface area contributed by atoms with E-state index in [9.17, 15) is 9.59 Å². The van der Waals surface area contributed by atoms with Crippen molar-refractivity contribution in [2.45, 2.75) is 31.9 Å². The van der Waals surface area contributed by atoms with Gasteiger partial charge in [-0.05, 0) is 55.7 Å². The molecule has 2 atom stereocenters. The summed E-state index contributed by atoms with van der Waals surface area (Å²) >= 11 is 0. The Morgan fingerprint density at radius 2 is 1.86 bits per heavy atom. The van der Waals surface area contributed by atoms with Crippen LogP contribution < -0.4 is 20.1 Å². The molecule has 2 aromatic rings. The standard InChI is InChI=1S/C22H24N2O5/c1-14(15-7-8-18-20(13-15)29-11-10-28-18)23-21(25)16-4-2-5-17(12-16)24-22(26)19-6-3-9-27-19/h2,4-5,7-8,12-14,19H,3,6,9-11H2,1H3,(H,23,25)(H,24,26). The lowest BCUT2D eigenvalue weighted by atomic mass is 10.1. The highest BCUT2D eigenvalue weighted by Gasteiger charge is 2.24. The van der Waals surface area contributed by atoms with E-state index in [4.69, 9.17) is 14.2 Å². The van der Waals surface area contributed by atoms with Gasteiger partial charge in [-0.25, -0.2) is 0 Å². The number of hydrogen-bond acceptors (Lipinski definition) is 5. The fourth-order valence-corrected chi connectivity index (χ4v) is 3.44. The number of hydrogen-bond donors (Lipinski definition) is 2. The molecule has 0 aromatic heterocycles. The molecule has 0 saturated carbocycles. The lowest BCUT2D eigenvalue weighted by Crippen LogP contribution is -2.28. The van der Waals surface area contributed by atoms with Gasteiger partial charge in [-0.1, -0.05) is 12.1 Å². The molecule has 29 heavy (non-hydrogen) atoms. The molecule has 2 amide bonds. The highest BCUT2D eigenvalue weighted by Crippen LogP contribution is 2.32. The fraction of sp³-hybridized carbons (Fsp3) is 0.364. The first-order valence-corrected chi connectivity index (χ1v) is 9.83. The van der Waals surface area contributed by atoms with Gasteiger partial charge in [0.25, 0.3) is 11.8 Å². The molecule has 0 aliphatic carbocycles. The van der Waals surface area contributed by atoms with Crippen LogP contribution in [0, 0.1) is 0 Å². The summed E-state index contributed by atoms with van der Waals surface area (Å²) in [7, 11) is 0. The summed E-state index contributed by atoms with van der Waals surface area (Å²) in [6, 6.07) is 12.3. The molecule has 2 unspecified atom stereocenters. The average Bonchev–Trinajstić information content (AvgIpc) is 3.28. The predicted octanol–water partition coefficient (Wildman–Crippen LogP) is 3.07. The molecule has 4 rings (SSSR count). The van der Waals surface area contributed by atoms with Crippen molar-refractivity contribution in [1.29, 1.82) is 0 Å². The Bertz CT molecular complexity index is 908. The topological polar surface area (TPSA) is 85.9 Å². The minimum atomic E-state index is -0.414. The molecule has 1 fully saturated rings. The third-order valence-corrected chi connectivity index (χ3v) is 5.03. The minimum Gasteiger partial charge on any atom is -0.486 e. The Morgan fingerprint density at radius 1 is 1.03 bits per heavy atom. The minimum absolute atomic E-state index is 0.176. The number of fused-ring (bicyclic) bond motifs is 1. The summed E-state index contributed by atoms with van der Waals surface area (Å²) in [5, 5.41) is 5.81. The smallest absolute Gasteiger partial charge is 0.253 e. The van der Waals surface area contributed by atoms with Crippen LogP contribution in [0.2, 0.25) is 0 Å². The SMILES string of the molecule is CC(NC(=O)c1cccc(NC(=O)C2CCCO2)c1)c1ccc2c(c1)OCCO2. The number of anilines is 1. The first-order chi connectivity index (χ1) is 14.1. The second kappa shape index (κ2) is 8.53. The monoisotopic (exact) mass is 396 g/mol. The maximum atomic E-state index is 12.7. The maximum absolute atomic E-state index is 12.7. The van der Waals surface area contributed by atoms with E-state index in [0.717, 1.165) is 18.4 Å². The highest BCUT2D eigenvalue weighted by molar-refractivity contribution is 5.98. The third kappa shape index (κ3) is 4.51. The Labute approximate surface area is 169 Å². The van der Waals surface area contributed by atoms with Crippen molar-refractivity contribution in [3.05, 3.63) is 53.6 Å². The van der Waals surface area contributed by atoms with E-state index in [-0.39, 0.29) is 17.9 Å². The molecular formula is C22H24N2O5. The number of carbonyl (C=O) groups is 2. The van der Waals surface area contributed by atoms with Crippen LogP contribution in [0.3, 0.4) is 0 Å². The predicted molar refractivity (Wildman–Crippen MR) is 107 cm³/mol. The maximum Gasteiger partial charge on any atom is 0.253 e. The molecule has 2 N–H and O–H groups in total. The zero-order valence-corrected chi connectivity index (χ0v) is 16.3. The lowest BCUT2D eigenvalue weighted by molar-refractivity contribution is -0.124. The molecule has 2 aliphatic heterocycles. The summed E-state index contributed by atoms with van der Waals surface area (Å²) in [4.78, 5) is 24.9. The molecule has 2 aromatic carbocycles. The zero-order valence-electron chi connectivity index (χ0n) is 16.3. The van der Waals surface area contributed by atoms with Crippen molar-refractivity contribution in [3.63, 3.8) is 0 Å². The van der Waals surface area contributed by atoms with Crippen molar-refractivity contribution in [1.82, 2.24) is 5.32 Å². The quantitative estimate of drug-likeness (QED) is 0.811. The zero-order chi connectivity index (χ0) is 20.2. The summed E-state index contributed by atoms with van der Waals surface area (Å²) in [5.74, 6) is 1.01. The van der Waals surface area contributed by atoms with Crippen LogP contribution in [0.5, 0.6) is 11.5 Å². The van der Waals surface area contributed by atoms with E-state index >= 15 is 0 Å². The molecule has 0 radical (unpaired) electrons. The number of benzene rings is 2. The molecule has 2 aliphatic rings. The van der Waals surface area contributed by atoms with Crippen LogP contribution in [0.1, 0.15) is 41.7 Å². The summed E-state index contributed by atoms with van der Waals surface area (Å²) < 4.78 is 16.5. The van der Waals surface area contributed by atoms with E-state index in [2.05, 4.69) is 10.6 Å². The van der Waals surface area contributed by atoms with Crippen molar-refractivity contribution in [2.24, 2.45) is 0 Å². The first-order valence-electron chi connectivity index (χ1n) is 9.83. The fourth-order valence-electron chi connectivity index (χ4n) is 3.44. The van der Waals surface area contributed by atoms with Gasteiger partial charge in [0.15, 0.2) is 11.5 Å². The van der Waals surface area contributed by atoms with E-state index in [1.54, 1.807) is 24.3 Å². The van der Waals surface area contributed by atoms with Crippen LogP contribution >= 0.6 is 0 Å². The van der Waals surface area contributed by atoms with E-state index in [1.807, 2.05) is 25.1 Å². The molecule has 1 saturated heterocycles. The largest absolute Gasteiger partial charge is 0.486 e. The van der Waals surface area contributed by atoms with Gasteiger partial charge in [-0.3, -0.25) is 9.59 Å². The lowest BCUT2D eigenvalue weighted by Gasteiger charge is -2.21. The van der Waals surface area contributed by atoms with Crippen molar-refractivity contribution < 1.29 is 23.8 Å². The van der Waals surface area contributed by atoms with Crippen LogP contribution in [0.25, 0.3) is 0 Å². The van der Waals surface area contributed by atoms with E-state index in [1.165, 1.54) is 0 Å². The number of carbonyl (C=O) groups excluding carboxylic acids is 2. The first kappa shape index (κ1) is 19.3. The van der Waals surface area contributed by atoms with Crippen molar-refractivity contribution in [3.8, 4) is 11.5 Å². The molecule has 7 heteroatoms. The van der Waals surface area contributed by atoms with E-state index in [0.29, 0.717) is 42.6 Å². The van der Waals surface area contributed by atoms with Gasteiger partial charge in [0.1, 0.15) is 19.3 Å². The van der Waals surface area contributed by atoms with Crippen LogP contribution in [0.4, 0.5) is 5.69 Å². The van der Waals surface area contributed by atoms with Gasteiger partial charge in [-0.15, -0.1) is 0 Å². The van der Waals surface area contributed by atoms with Gasteiger partial charge in [0.2, 0.25) is 0 Å². The number of nitrogens with one attached hydrogen (secondary N) is 2. The highest BCUT2D eigenvalue weighted by atomic mass is 16.6. The van der Waals surface area contributed by atoms with Gasteiger partial charge in [-0.2, -0.15) is 0 Å². The van der Waals surface area contributed by atoms with Gasteiger partial charge >= 0.3 is 0 Å². The van der Waals surface area contributed by atoms with Crippen molar-refractivity contribution >= 4 is 17.5 Å². The summed E-state index contributed by atoms with van der Waals surface area (Å²) in [6.45, 7) is 3.57. The molecular weight excluding hydrogens is 372 g/mol. The average molecular weight is 396 g/mol. The number of ether oxygens (including phenoxy) is 3. The Balaban J connectivity index is 1.41. The van der Waals surface area contributed by atoms with Gasteiger partial charge in [0, 0.05) is 17.9 Å². The van der Waals surface area contributed by atoms with Gasteiger partial charge in [0.05, 0.1) is 6.04 Å². The second-order valence-electron chi connectivity index (χ2n) is 7.17. The van der Waals surface area contributed by atoms with Crippen molar-refractivity contribution in [2.75, 3.05) is 25.1 Å². The summed E-state index contributed by atoms with van der Waals surface area (Å²) in [5.41, 5.74) is 1.97. The number of rotatable bonds is 5. The van der Waals surface area contributed by atoms with Crippen LogP contribution in [-0.4, -0.2) is 37.7 Å². The molecule has 2 heterocycles. The summed E-state index contributed by atoms with van der Waals surface area (Å²) in [6.07, 6.45) is 1.19. The molecule has 0 spiro atoms. The third-order valence-electron chi connectivity index (χ3n) is 5.03. The van der Waals surface area contributed by atoms with Crippen LogP contribution in [-0.2, 0) is 9.53 Å². The molecule has 0 bridgehead atoms. The molecule has 7 nitrogen and oxygen atoms in total. The second-order valence-corrected chi connectivity index (χ2v) is 7.17. The normalized spacial score (nSPS) is 18.7. The molecule has 152 valence electrons. The van der Waals surface area contributed by atoms with Crippen LogP contribution in [0.15, 0.2) is 42.5 Å². The Hall–Kier alpha value is -3.06. The Kier molecular flexibility index (Phi) is 5.67. The van der Waals surface area contributed by atoms with E-state index < -0.39 is 6.10 Å². The van der Waals surface area contributed by atoms with Gasteiger partial charge < -0.3 is 24.8 Å².